The summed E-state index contributed by atoms with van der Waals surface area (Å²) in [4.78, 5) is 30.1. The van der Waals surface area contributed by atoms with Crippen molar-refractivity contribution in [1.29, 1.82) is 0 Å². The first-order valence-electron chi connectivity index (χ1n) is 9.65. The van der Waals surface area contributed by atoms with E-state index in [-0.39, 0.29) is 17.6 Å². The summed E-state index contributed by atoms with van der Waals surface area (Å²) in [5.41, 5.74) is 0.826. The van der Waals surface area contributed by atoms with Crippen LogP contribution in [0.5, 0.6) is 0 Å². The number of aliphatic imine (C=N–C) groups is 1. The van der Waals surface area contributed by atoms with Crippen molar-refractivity contribution >= 4 is 17.8 Å². The Labute approximate surface area is 165 Å². The van der Waals surface area contributed by atoms with Crippen molar-refractivity contribution in [1.82, 2.24) is 20.9 Å². The maximum atomic E-state index is 13.6. The van der Waals surface area contributed by atoms with Crippen molar-refractivity contribution in [2.24, 2.45) is 10.9 Å². The van der Waals surface area contributed by atoms with Crippen molar-refractivity contribution in [3.8, 4) is 0 Å². The van der Waals surface area contributed by atoms with Gasteiger partial charge in [-0.3, -0.25) is 14.6 Å². The summed E-state index contributed by atoms with van der Waals surface area (Å²) in [5, 5.41) is 8.69. The van der Waals surface area contributed by atoms with Gasteiger partial charge < -0.3 is 20.9 Å². The molecule has 1 aliphatic rings. The maximum absolute atomic E-state index is 13.6. The molecule has 2 rings (SSSR count). The third kappa shape index (κ3) is 6.21. The van der Waals surface area contributed by atoms with E-state index in [2.05, 4.69) is 25.8 Å². The third-order valence-corrected chi connectivity index (χ3v) is 5.01. The van der Waals surface area contributed by atoms with Gasteiger partial charge in [0, 0.05) is 52.3 Å². The molecule has 1 aliphatic heterocycles. The molecule has 0 aliphatic carbocycles. The monoisotopic (exact) mass is 391 g/mol. The Hall–Kier alpha value is -2.64. The lowest BCUT2D eigenvalue weighted by Crippen LogP contribution is -2.47. The highest BCUT2D eigenvalue weighted by molar-refractivity contribution is 5.94. The van der Waals surface area contributed by atoms with Crippen LogP contribution in [0, 0.1) is 18.7 Å². The van der Waals surface area contributed by atoms with Gasteiger partial charge in [-0.15, -0.1) is 0 Å². The topological polar surface area (TPSA) is 85.8 Å². The lowest BCUT2D eigenvalue weighted by Gasteiger charge is -2.34. The molecule has 0 saturated carbocycles. The number of hydrogen-bond donors (Lipinski definition) is 3. The number of aryl methyl sites for hydroxylation is 1. The number of benzene rings is 1. The largest absolute Gasteiger partial charge is 0.359 e. The van der Waals surface area contributed by atoms with Crippen LogP contribution in [-0.2, 0) is 4.79 Å². The molecule has 28 heavy (non-hydrogen) atoms. The SMILES string of the molecule is CN=C(NCCNC(=O)c1ccc(C)c(F)c1)N1CCC(CC(=O)NC)CC1. The first-order valence-corrected chi connectivity index (χ1v) is 9.65. The van der Waals surface area contributed by atoms with Gasteiger partial charge in [-0.1, -0.05) is 6.07 Å². The fraction of sp³-hybridized carbons (Fsp3) is 0.550. The second-order valence-electron chi connectivity index (χ2n) is 7.00. The molecule has 0 spiro atoms. The Kier molecular flexibility index (Phi) is 8.22. The summed E-state index contributed by atoms with van der Waals surface area (Å²) in [7, 11) is 3.39. The predicted molar refractivity (Wildman–Crippen MR) is 108 cm³/mol. The van der Waals surface area contributed by atoms with Gasteiger partial charge in [0.05, 0.1) is 0 Å². The molecule has 0 bridgehead atoms. The number of nitrogens with one attached hydrogen (secondary N) is 3. The Morgan fingerprint density at radius 1 is 1.21 bits per heavy atom. The van der Waals surface area contributed by atoms with Crippen LogP contribution < -0.4 is 16.0 Å². The minimum Gasteiger partial charge on any atom is -0.359 e. The van der Waals surface area contributed by atoms with Gasteiger partial charge in [0.2, 0.25) is 5.91 Å². The first kappa shape index (κ1) is 21.7. The van der Waals surface area contributed by atoms with Gasteiger partial charge in [-0.2, -0.15) is 0 Å². The maximum Gasteiger partial charge on any atom is 0.251 e. The summed E-state index contributed by atoms with van der Waals surface area (Å²) >= 11 is 0. The summed E-state index contributed by atoms with van der Waals surface area (Å²) in [6, 6.07) is 4.46. The molecular formula is C20H30FN5O2. The van der Waals surface area contributed by atoms with Gasteiger partial charge in [-0.25, -0.2) is 4.39 Å². The van der Waals surface area contributed by atoms with E-state index in [1.54, 1.807) is 33.2 Å². The first-order chi connectivity index (χ1) is 13.4. The van der Waals surface area contributed by atoms with E-state index in [0.29, 0.717) is 36.6 Å². The molecule has 1 saturated heterocycles. The Bertz CT molecular complexity index is 715. The van der Waals surface area contributed by atoms with Gasteiger partial charge in [-0.05, 0) is 43.4 Å². The zero-order chi connectivity index (χ0) is 20.5. The number of guanidine groups is 1. The fourth-order valence-corrected chi connectivity index (χ4v) is 3.23. The normalized spacial score (nSPS) is 15.3. The number of likely N-dealkylation sites (tertiary alicyclic amines) is 1. The average Bonchev–Trinajstić information content (AvgIpc) is 2.70. The van der Waals surface area contributed by atoms with E-state index >= 15 is 0 Å². The molecule has 1 heterocycles. The Balaban J connectivity index is 1.72. The molecule has 7 nitrogen and oxygen atoms in total. The minimum absolute atomic E-state index is 0.0881. The van der Waals surface area contributed by atoms with Crippen LogP contribution in [0.25, 0.3) is 0 Å². The number of halogens is 1. The van der Waals surface area contributed by atoms with Gasteiger partial charge in [0.1, 0.15) is 5.82 Å². The molecule has 0 unspecified atom stereocenters. The summed E-state index contributed by atoms with van der Waals surface area (Å²) in [5.74, 6) is 0.597. The highest BCUT2D eigenvalue weighted by atomic mass is 19.1. The van der Waals surface area contributed by atoms with Crippen LogP contribution in [0.2, 0.25) is 0 Å². The molecule has 1 fully saturated rings. The molecule has 0 radical (unpaired) electrons. The standard InChI is InChI=1S/C20H30FN5O2/c1-14-4-5-16(13-17(14)21)19(28)24-8-9-25-20(23-3)26-10-6-15(7-11-26)12-18(27)22-2/h4-5,13,15H,6-12H2,1-3H3,(H,22,27)(H,23,25)(H,24,28). The van der Waals surface area contributed by atoms with Crippen LogP contribution >= 0.6 is 0 Å². The summed E-state index contributed by atoms with van der Waals surface area (Å²) in [6.45, 7) is 4.27. The molecule has 1 aromatic carbocycles. The number of piperidine rings is 1. The van der Waals surface area contributed by atoms with Crippen molar-refractivity contribution in [2.45, 2.75) is 26.2 Å². The second-order valence-corrected chi connectivity index (χ2v) is 7.00. The van der Waals surface area contributed by atoms with E-state index in [9.17, 15) is 14.0 Å². The number of hydrogen-bond acceptors (Lipinski definition) is 3. The highest BCUT2D eigenvalue weighted by Crippen LogP contribution is 2.20. The minimum atomic E-state index is -0.383. The predicted octanol–water partition coefficient (Wildman–Crippen LogP) is 1.29. The van der Waals surface area contributed by atoms with Crippen molar-refractivity contribution < 1.29 is 14.0 Å². The summed E-state index contributed by atoms with van der Waals surface area (Å²) < 4.78 is 13.6. The van der Waals surface area contributed by atoms with E-state index in [0.717, 1.165) is 31.9 Å². The number of amides is 2. The van der Waals surface area contributed by atoms with E-state index in [4.69, 9.17) is 0 Å². The van der Waals surface area contributed by atoms with E-state index in [1.807, 2.05) is 0 Å². The molecule has 1 aromatic rings. The van der Waals surface area contributed by atoms with Crippen LogP contribution in [0.1, 0.15) is 35.2 Å². The van der Waals surface area contributed by atoms with Crippen LogP contribution in [0.3, 0.4) is 0 Å². The van der Waals surface area contributed by atoms with Crippen LogP contribution in [0.4, 0.5) is 4.39 Å². The smallest absolute Gasteiger partial charge is 0.251 e. The fourth-order valence-electron chi connectivity index (χ4n) is 3.23. The highest BCUT2D eigenvalue weighted by Gasteiger charge is 2.22. The average molecular weight is 391 g/mol. The lowest BCUT2D eigenvalue weighted by atomic mass is 9.93. The van der Waals surface area contributed by atoms with E-state index in [1.165, 1.54) is 6.07 Å². The molecule has 8 heteroatoms. The molecule has 3 N–H and O–H groups in total. The van der Waals surface area contributed by atoms with Gasteiger partial charge in [0.25, 0.3) is 5.91 Å². The molecule has 2 amide bonds. The van der Waals surface area contributed by atoms with Gasteiger partial charge >= 0.3 is 0 Å². The number of carbonyl (C=O) groups excluding carboxylic acids is 2. The van der Waals surface area contributed by atoms with E-state index < -0.39 is 0 Å². The second kappa shape index (κ2) is 10.6. The number of rotatable bonds is 6. The zero-order valence-electron chi connectivity index (χ0n) is 16.8. The number of carbonyl (C=O) groups is 2. The Morgan fingerprint density at radius 2 is 1.89 bits per heavy atom. The molecule has 0 aromatic heterocycles. The summed E-state index contributed by atoms with van der Waals surface area (Å²) in [6.07, 6.45) is 2.47. The van der Waals surface area contributed by atoms with Crippen molar-refractivity contribution in [3.63, 3.8) is 0 Å². The molecule has 154 valence electrons. The van der Waals surface area contributed by atoms with Crippen LogP contribution in [-0.4, -0.2) is 62.9 Å². The van der Waals surface area contributed by atoms with Crippen molar-refractivity contribution in [2.75, 3.05) is 40.3 Å². The third-order valence-electron chi connectivity index (χ3n) is 5.01. The van der Waals surface area contributed by atoms with Gasteiger partial charge in [0.15, 0.2) is 5.96 Å². The molecular weight excluding hydrogens is 361 g/mol. The zero-order valence-corrected chi connectivity index (χ0v) is 16.8. The quantitative estimate of drug-likeness (QED) is 0.388. The number of nitrogens with zero attached hydrogens (tertiary/aromatic N) is 2. The lowest BCUT2D eigenvalue weighted by molar-refractivity contribution is -0.121. The Morgan fingerprint density at radius 3 is 2.50 bits per heavy atom. The van der Waals surface area contributed by atoms with Crippen molar-refractivity contribution in [3.05, 3.63) is 35.1 Å². The van der Waals surface area contributed by atoms with Crippen LogP contribution in [0.15, 0.2) is 23.2 Å². The molecule has 0 atom stereocenters.